The van der Waals surface area contributed by atoms with Gasteiger partial charge in [0.1, 0.15) is 11.5 Å². The first kappa shape index (κ1) is 19.9. The Morgan fingerprint density at radius 1 is 1.10 bits per heavy atom. The normalized spacial score (nSPS) is 15.4. The van der Waals surface area contributed by atoms with Gasteiger partial charge in [-0.15, -0.1) is 0 Å². The van der Waals surface area contributed by atoms with Crippen LogP contribution in [0.5, 0.6) is 0 Å². The fourth-order valence-electron chi connectivity index (χ4n) is 2.93. The largest absolute Gasteiger partial charge is 0.457 e. The van der Waals surface area contributed by atoms with Gasteiger partial charge in [0.25, 0.3) is 5.91 Å². The maximum Gasteiger partial charge on any atom is 0.270 e. The quantitative estimate of drug-likeness (QED) is 0.326. The Morgan fingerprint density at radius 2 is 1.86 bits per heavy atom. The second-order valence-electron chi connectivity index (χ2n) is 6.64. The number of anilines is 2. The fraction of sp³-hybridized carbons (Fsp3) is 0.0909. The molecule has 1 fully saturated rings. The SMILES string of the molecule is CN(C)c1cccc(N2C(=O)/C(=C\c3ccc(-c4ccc(Br)cc4)o3)SC2=S)c1. The fourth-order valence-corrected chi connectivity index (χ4v) is 4.47. The highest BCUT2D eigenvalue weighted by atomic mass is 79.9. The summed E-state index contributed by atoms with van der Waals surface area (Å²) in [6, 6.07) is 19.4. The van der Waals surface area contributed by atoms with Gasteiger partial charge in [-0.3, -0.25) is 9.69 Å². The maximum atomic E-state index is 13.0. The topological polar surface area (TPSA) is 36.7 Å². The van der Waals surface area contributed by atoms with Gasteiger partial charge in [-0.1, -0.05) is 58.1 Å². The zero-order chi connectivity index (χ0) is 20.5. The molecule has 0 aliphatic carbocycles. The van der Waals surface area contributed by atoms with Crippen molar-refractivity contribution in [1.29, 1.82) is 0 Å². The van der Waals surface area contributed by atoms with Crippen molar-refractivity contribution in [2.75, 3.05) is 23.9 Å². The number of thioether (sulfide) groups is 1. The van der Waals surface area contributed by atoms with Crippen LogP contribution in [0.15, 0.2) is 74.5 Å². The number of amides is 1. The molecule has 4 nitrogen and oxygen atoms in total. The van der Waals surface area contributed by atoms with Crippen molar-refractivity contribution < 1.29 is 9.21 Å². The molecule has 0 atom stereocenters. The lowest BCUT2D eigenvalue weighted by Gasteiger charge is -2.18. The van der Waals surface area contributed by atoms with E-state index in [0.717, 1.165) is 27.2 Å². The van der Waals surface area contributed by atoms with Crippen LogP contribution < -0.4 is 9.80 Å². The predicted octanol–water partition coefficient (Wildman–Crippen LogP) is 6.18. The highest BCUT2D eigenvalue weighted by Gasteiger charge is 2.33. The number of rotatable bonds is 4. The molecular formula is C22H17BrN2O2S2. The maximum absolute atomic E-state index is 13.0. The number of halogens is 1. The zero-order valence-corrected chi connectivity index (χ0v) is 19.0. The second-order valence-corrected chi connectivity index (χ2v) is 9.23. The van der Waals surface area contributed by atoms with E-state index in [0.29, 0.717) is 15.0 Å². The third-order valence-corrected chi connectivity index (χ3v) is 6.26. The molecule has 4 rings (SSSR count). The molecule has 1 aliphatic rings. The lowest BCUT2D eigenvalue weighted by molar-refractivity contribution is -0.113. The second kappa shape index (κ2) is 8.18. The molecular weight excluding hydrogens is 468 g/mol. The summed E-state index contributed by atoms with van der Waals surface area (Å²) in [7, 11) is 3.92. The minimum atomic E-state index is -0.141. The van der Waals surface area contributed by atoms with E-state index < -0.39 is 0 Å². The molecule has 0 saturated carbocycles. The summed E-state index contributed by atoms with van der Waals surface area (Å²) < 4.78 is 7.44. The molecule has 146 valence electrons. The first-order valence-corrected chi connectivity index (χ1v) is 10.9. The van der Waals surface area contributed by atoms with Gasteiger partial charge < -0.3 is 9.32 Å². The van der Waals surface area contributed by atoms with E-state index in [2.05, 4.69) is 15.9 Å². The number of furan rings is 1. The molecule has 1 aliphatic heterocycles. The van der Waals surface area contributed by atoms with Crippen LogP contribution in [-0.2, 0) is 4.79 Å². The van der Waals surface area contributed by atoms with Gasteiger partial charge in [0.15, 0.2) is 4.32 Å². The smallest absolute Gasteiger partial charge is 0.270 e. The Labute approximate surface area is 187 Å². The van der Waals surface area contributed by atoms with Crippen LogP contribution in [0.3, 0.4) is 0 Å². The first-order valence-electron chi connectivity index (χ1n) is 8.83. The molecule has 0 unspecified atom stereocenters. The first-order chi connectivity index (χ1) is 13.9. The van der Waals surface area contributed by atoms with Crippen molar-refractivity contribution in [3.63, 3.8) is 0 Å². The summed E-state index contributed by atoms with van der Waals surface area (Å²) in [4.78, 5) is 17.1. The van der Waals surface area contributed by atoms with Gasteiger partial charge in [-0.05, 0) is 42.5 Å². The lowest BCUT2D eigenvalue weighted by atomic mass is 10.2. The highest BCUT2D eigenvalue weighted by Crippen LogP contribution is 2.37. The number of carbonyl (C=O) groups is 1. The average molecular weight is 485 g/mol. The standard InChI is InChI=1S/C22H17BrN2O2S2/c1-24(2)16-4-3-5-17(12-16)25-21(26)20(29-22(25)28)13-18-10-11-19(27-18)14-6-8-15(23)9-7-14/h3-13H,1-2H3/b20-13+. The van der Waals surface area contributed by atoms with Crippen molar-refractivity contribution in [3.05, 3.63) is 75.8 Å². The molecule has 7 heteroatoms. The van der Waals surface area contributed by atoms with Gasteiger partial charge in [-0.25, -0.2) is 0 Å². The van der Waals surface area contributed by atoms with Gasteiger partial charge in [0.05, 0.1) is 10.6 Å². The molecule has 0 spiro atoms. The van der Waals surface area contributed by atoms with Crippen molar-refractivity contribution in [1.82, 2.24) is 0 Å². The number of hydrogen-bond donors (Lipinski definition) is 0. The van der Waals surface area contributed by atoms with E-state index in [9.17, 15) is 4.79 Å². The summed E-state index contributed by atoms with van der Waals surface area (Å²) in [6.45, 7) is 0. The van der Waals surface area contributed by atoms with Crippen molar-refractivity contribution in [2.45, 2.75) is 0 Å². The summed E-state index contributed by atoms with van der Waals surface area (Å²) >= 11 is 10.2. The minimum absolute atomic E-state index is 0.141. The van der Waals surface area contributed by atoms with Gasteiger partial charge in [0, 0.05) is 35.9 Å². The summed E-state index contributed by atoms with van der Waals surface area (Å²) in [5.74, 6) is 1.22. The molecule has 3 aromatic rings. The van der Waals surface area contributed by atoms with E-state index in [-0.39, 0.29) is 5.91 Å². The Bertz CT molecular complexity index is 1120. The van der Waals surface area contributed by atoms with Crippen molar-refractivity contribution in [3.8, 4) is 11.3 Å². The monoisotopic (exact) mass is 484 g/mol. The third-order valence-electron chi connectivity index (χ3n) is 4.43. The number of nitrogens with zero attached hydrogens (tertiary/aromatic N) is 2. The molecule has 0 N–H and O–H groups in total. The number of benzene rings is 2. The van der Waals surface area contributed by atoms with E-state index in [4.69, 9.17) is 16.6 Å². The van der Waals surface area contributed by atoms with E-state index >= 15 is 0 Å². The van der Waals surface area contributed by atoms with Gasteiger partial charge in [-0.2, -0.15) is 0 Å². The number of hydrogen-bond acceptors (Lipinski definition) is 5. The summed E-state index contributed by atoms with van der Waals surface area (Å²) in [5, 5.41) is 0. The summed E-state index contributed by atoms with van der Waals surface area (Å²) in [6.07, 6.45) is 1.75. The van der Waals surface area contributed by atoms with Crippen LogP contribution in [0.2, 0.25) is 0 Å². The summed E-state index contributed by atoms with van der Waals surface area (Å²) in [5.41, 5.74) is 2.74. The van der Waals surface area contributed by atoms with E-state index in [1.165, 1.54) is 11.8 Å². The van der Waals surface area contributed by atoms with Crippen LogP contribution >= 0.6 is 39.9 Å². The Balaban J connectivity index is 1.60. The van der Waals surface area contributed by atoms with Crippen LogP contribution in [0.1, 0.15) is 5.76 Å². The molecule has 1 amide bonds. The Kier molecular flexibility index (Phi) is 5.63. The van der Waals surface area contributed by atoms with E-state index in [1.54, 1.807) is 11.0 Å². The van der Waals surface area contributed by atoms with Crippen LogP contribution in [-0.4, -0.2) is 24.3 Å². The van der Waals surface area contributed by atoms with Gasteiger partial charge in [0.2, 0.25) is 0 Å². The molecule has 2 heterocycles. The Hall–Kier alpha value is -2.35. The lowest BCUT2D eigenvalue weighted by Crippen LogP contribution is -2.27. The minimum Gasteiger partial charge on any atom is -0.457 e. The third kappa shape index (κ3) is 4.17. The average Bonchev–Trinajstić information content (AvgIpc) is 3.27. The number of carbonyl (C=O) groups excluding carboxylic acids is 1. The van der Waals surface area contributed by atoms with Crippen molar-refractivity contribution >= 4 is 67.6 Å². The molecule has 0 radical (unpaired) electrons. The number of thiocarbonyl (C=S) groups is 1. The molecule has 1 aromatic heterocycles. The van der Waals surface area contributed by atoms with Gasteiger partial charge >= 0.3 is 0 Å². The van der Waals surface area contributed by atoms with Crippen LogP contribution in [0.25, 0.3) is 17.4 Å². The molecule has 0 bridgehead atoms. The predicted molar refractivity (Wildman–Crippen MR) is 128 cm³/mol. The van der Waals surface area contributed by atoms with Crippen LogP contribution in [0.4, 0.5) is 11.4 Å². The zero-order valence-electron chi connectivity index (χ0n) is 15.8. The Morgan fingerprint density at radius 3 is 2.59 bits per heavy atom. The molecule has 29 heavy (non-hydrogen) atoms. The van der Waals surface area contributed by atoms with E-state index in [1.807, 2.05) is 79.7 Å². The molecule has 2 aromatic carbocycles. The van der Waals surface area contributed by atoms with Crippen LogP contribution in [0, 0.1) is 0 Å². The molecule has 1 saturated heterocycles. The highest BCUT2D eigenvalue weighted by molar-refractivity contribution is 9.10. The van der Waals surface area contributed by atoms with Crippen molar-refractivity contribution in [2.24, 2.45) is 0 Å².